The zero-order valence-electron chi connectivity index (χ0n) is 11.1. The van der Waals surface area contributed by atoms with Crippen LogP contribution in [0.25, 0.3) is 0 Å². The second kappa shape index (κ2) is 5.98. The van der Waals surface area contributed by atoms with Gasteiger partial charge in [-0.15, -0.1) is 0 Å². The maximum absolute atomic E-state index is 11.9. The van der Waals surface area contributed by atoms with Crippen LogP contribution in [-0.4, -0.2) is 62.0 Å². The number of nitrogens with one attached hydrogen (secondary N) is 1. The van der Waals surface area contributed by atoms with Gasteiger partial charge in [-0.25, -0.2) is 0 Å². The molecule has 1 atom stereocenters. The van der Waals surface area contributed by atoms with Gasteiger partial charge in [-0.05, 0) is 26.2 Å². The van der Waals surface area contributed by atoms with Crippen LogP contribution >= 0.6 is 0 Å². The van der Waals surface area contributed by atoms with Crippen molar-refractivity contribution in [3.8, 4) is 0 Å². The summed E-state index contributed by atoms with van der Waals surface area (Å²) in [6.45, 7) is 3.86. The maximum atomic E-state index is 11.9. The van der Waals surface area contributed by atoms with Crippen molar-refractivity contribution in [2.45, 2.75) is 6.04 Å². The maximum Gasteiger partial charge on any atom is 0.251 e. The Balaban J connectivity index is 1.86. The van der Waals surface area contributed by atoms with E-state index in [0.717, 1.165) is 25.2 Å². The Bertz CT molecular complexity index is 393. The molecule has 0 saturated carbocycles. The van der Waals surface area contributed by atoms with Gasteiger partial charge < -0.3 is 10.2 Å². The Morgan fingerprint density at radius 3 is 2.72 bits per heavy atom. The highest BCUT2D eigenvalue weighted by atomic mass is 16.1. The quantitative estimate of drug-likeness (QED) is 0.852. The van der Waals surface area contributed by atoms with Crippen molar-refractivity contribution in [3.63, 3.8) is 0 Å². The first-order valence-electron chi connectivity index (χ1n) is 6.39. The minimum absolute atomic E-state index is 0.0113. The van der Waals surface area contributed by atoms with E-state index >= 15 is 0 Å². The number of nitrogens with zero attached hydrogens (tertiary/aromatic N) is 2. The average molecular weight is 247 g/mol. The van der Waals surface area contributed by atoms with Crippen molar-refractivity contribution >= 4 is 5.91 Å². The largest absolute Gasteiger partial charge is 0.350 e. The zero-order chi connectivity index (χ0) is 13.0. The second-order valence-corrected chi connectivity index (χ2v) is 4.97. The summed E-state index contributed by atoms with van der Waals surface area (Å²) < 4.78 is 0. The van der Waals surface area contributed by atoms with Crippen LogP contribution in [0.3, 0.4) is 0 Å². The lowest BCUT2D eigenvalue weighted by Crippen LogP contribution is -2.54. The molecule has 18 heavy (non-hydrogen) atoms. The van der Waals surface area contributed by atoms with E-state index in [2.05, 4.69) is 29.2 Å². The summed E-state index contributed by atoms with van der Waals surface area (Å²) in [6, 6.07) is 9.76. The van der Waals surface area contributed by atoms with Crippen LogP contribution in [0, 0.1) is 0 Å². The Morgan fingerprint density at radius 2 is 2.00 bits per heavy atom. The summed E-state index contributed by atoms with van der Waals surface area (Å²) in [5.41, 5.74) is 0.726. The number of benzene rings is 1. The molecule has 98 valence electrons. The second-order valence-electron chi connectivity index (χ2n) is 4.97. The van der Waals surface area contributed by atoms with Gasteiger partial charge in [-0.1, -0.05) is 18.2 Å². The number of amides is 1. The molecule has 0 aromatic heterocycles. The third-order valence-electron chi connectivity index (χ3n) is 3.51. The zero-order valence-corrected chi connectivity index (χ0v) is 11.1. The van der Waals surface area contributed by atoms with E-state index < -0.39 is 0 Å². The molecule has 4 heteroatoms. The standard InChI is InChI=1S/C14H21N3O/c1-16-8-9-17(2)13(11-16)10-15-14(18)12-6-4-3-5-7-12/h3-7,13H,8-11H2,1-2H3,(H,15,18). The molecule has 1 N–H and O–H groups in total. The van der Waals surface area contributed by atoms with Gasteiger partial charge in [-0.2, -0.15) is 0 Å². The number of hydrogen-bond donors (Lipinski definition) is 1. The molecule has 1 amide bonds. The molecule has 1 heterocycles. The third kappa shape index (κ3) is 3.31. The lowest BCUT2D eigenvalue weighted by Gasteiger charge is -2.37. The monoisotopic (exact) mass is 247 g/mol. The first-order chi connectivity index (χ1) is 8.66. The molecule has 1 aliphatic heterocycles. The Morgan fingerprint density at radius 1 is 1.28 bits per heavy atom. The number of likely N-dealkylation sites (N-methyl/N-ethyl adjacent to an activating group) is 2. The molecule has 1 aliphatic rings. The Kier molecular flexibility index (Phi) is 4.33. The van der Waals surface area contributed by atoms with Gasteiger partial charge >= 0.3 is 0 Å². The highest BCUT2D eigenvalue weighted by Gasteiger charge is 2.22. The van der Waals surface area contributed by atoms with Crippen LogP contribution < -0.4 is 5.32 Å². The van der Waals surface area contributed by atoms with Gasteiger partial charge in [0.25, 0.3) is 5.91 Å². The third-order valence-corrected chi connectivity index (χ3v) is 3.51. The van der Waals surface area contributed by atoms with Crippen molar-refractivity contribution in [1.82, 2.24) is 15.1 Å². The summed E-state index contributed by atoms with van der Waals surface area (Å²) in [6.07, 6.45) is 0. The fourth-order valence-electron chi connectivity index (χ4n) is 2.22. The molecule has 1 aromatic carbocycles. The molecular formula is C14H21N3O. The molecule has 1 unspecified atom stereocenters. The van der Waals surface area contributed by atoms with Crippen molar-refractivity contribution < 1.29 is 4.79 Å². The number of carbonyl (C=O) groups is 1. The van der Waals surface area contributed by atoms with Crippen LogP contribution in [0.15, 0.2) is 30.3 Å². The van der Waals surface area contributed by atoms with E-state index in [0.29, 0.717) is 12.6 Å². The summed E-state index contributed by atoms with van der Waals surface area (Å²) in [7, 11) is 4.24. The van der Waals surface area contributed by atoms with Crippen LogP contribution in [0.4, 0.5) is 0 Å². The predicted octanol–water partition coefficient (Wildman–Crippen LogP) is 0.662. The van der Waals surface area contributed by atoms with Crippen molar-refractivity contribution in [1.29, 1.82) is 0 Å². The van der Waals surface area contributed by atoms with Crippen LogP contribution in [0.1, 0.15) is 10.4 Å². The van der Waals surface area contributed by atoms with Gasteiger partial charge in [0.05, 0.1) is 0 Å². The van der Waals surface area contributed by atoms with Gasteiger partial charge in [0.1, 0.15) is 0 Å². The molecule has 1 fully saturated rings. The van der Waals surface area contributed by atoms with Crippen LogP contribution in [0.2, 0.25) is 0 Å². The lowest BCUT2D eigenvalue weighted by molar-refractivity contribution is 0.0881. The lowest BCUT2D eigenvalue weighted by atomic mass is 10.1. The molecule has 0 bridgehead atoms. The smallest absolute Gasteiger partial charge is 0.251 e. The van der Waals surface area contributed by atoms with Gasteiger partial charge in [0.2, 0.25) is 0 Å². The van der Waals surface area contributed by atoms with Crippen molar-refractivity contribution in [3.05, 3.63) is 35.9 Å². The normalized spacial score (nSPS) is 21.8. The molecule has 2 rings (SSSR count). The number of rotatable bonds is 3. The molecule has 0 aliphatic carbocycles. The summed E-state index contributed by atoms with van der Waals surface area (Å²) in [4.78, 5) is 16.5. The highest BCUT2D eigenvalue weighted by molar-refractivity contribution is 5.94. The van der Waals surface area contributed by atoms with Crippen molar-refractivity contribution in [2.75, 3.05) is 40.3 Å². The van der Waals surface area contributed by atoms with E-state index in [9.17, 15) is 4.79 Å². The summed E-state index contributed by atoms with van der Waals surface area (Å²) in [5, 5.41) is 3.01. The molecule has 4 nitrogen and oxygen atoms in total. The Labute approximate surface area is 109 Å². The molecule has 1 saturated heterocycles. The van der Waals surface area contributed by atoms with E-state index in [4.69, 9.17) is 0 Å². The van der Waals surface area contributed by atoms with Gasteiger partial charge in [0.15, 0.2) is 0 Å². The summed E-state index contributed by atoms with van der Waals surface area (Å²) >= 11 is 0. The fraction of sp³-hybridized carbons (Fsp3) is 0.500. The predicted molar refractivity (Wildman–Crippen MR) is 72.7 cm³/mol. The highest BCUT2D eigenvalue weighted by Crippen LogP contribution is 2.05. The fourth-order valence-corrected chi connectivity index (χ4v) is 2.22. The molecule has 1 aromatic rings. The molecule has 0 radical (unpaired) electrons. The van der Waals surface area contributed by atoms with E-state index in [-0.39, 0.29) is 5.91 Å². The minimum atomic E-state index is 0.0113. The van der Waals surface area contributed by atoms with Crippen LogP contribution in [0.5, 0.6) is 0 Å². The number of carbonyl (C=O) groups excluding carboxylic acids is 1. The molecule has 0 spiro atoms. The van der Waals surface area contributed by atoms with E-state index in [1.165, 1.54) is 0 Å². The van der Waals surface area contributed by atoms with E-state index in [1.807, 2.05) is 30.3 Å². The number of hydrogen-bond acceptors (Lipinski definition) is 3. The minimum Gasteiger partial charge on any atom is -0.350 e. The van der Waals surface area contributed by atoms with Gasteiger partial charge in [-0.3, -0.25) is 9.69 Å². The number of piperazine rings is 1. The van der Waals surface area contributed by atoms with Gasteiger partial charge in [0, 0.05) is 37.8 Å². The average Bonchev–Trinajstić information content (AvgIpc) is 2.40. The summed E-state index contributed by atoms with van der Waals surface area (Å²) in [5.74, 6) is 0.0113. The first kappa shape index (κ1) is 13.1. The first-order valence-corrected chi connectivity index (χ1v) is 6.39. The SMILES string of the molecule is CN1CCN(C)C(CNC(=O)c2ccccc2)C1. The van der Waals surface area contributed by atoms with E-state index in [1.54, 1.807) is 0 Å². The Hall–Kier alpha value is -1.39. The van der Waals surface area contributed by atoms with Crippen molar-refractivity contribution in [2.24, 2.45) is 0 Å². The molecular weight excluding hydrogens is 226 g/mol. The topological polar surface area (TPSA) is 35.6 Å². The van der Waals surface area contributed by atoms with Crippen LogP contribution in [-0.2, 0) is 0 Å².